The zero-order valence-electron chi connectivity index (χ0n) is 32.1. The van der Waals surface area contributed by atoms with E-state index in [0.717, 1.165) is 0 Å². The first-order valence-corrected chi connectivity index (χ1v) is 19.1. The minimum absolute atomic E-state index is 0.118. The highest BCUT2D eigenvalue weighted by atomic mass is 16.8. The lowest BCUT2D eigenvalue weighted by Gasteiger charge is -2.46. The summed E-state index contributed by atoms with van der Waals surface area (Å²) in [6, 6.07) is 39.9. The lowest BCUT2D eigenvalue weighted by atomic mass is 9.97. The van der Waals surface area contributed by atoms with Crippen molar-refractivity contribution >= 4 is 29.8 Å². The van der Waals surface area contributed by atoms with Gasteiger partial charge in [-0.05, 0) is 67.6 Å². The van der Waals surface area contributed by atoms with E-state index in [4.69, 9.17) is 37.9 Å². The van der Waals surface area contributed by atoms with E-state index in [9.17, 15) is 29.1 Å². The SMILES string of the molecule is C[C@@H]1O[C@@H](O[C@H]2CO[C@H](O)[C@H](OC(=O)c3ccccc3)[C@H]2OC(=O)c2ccccc2)[C@H](OC(=O)c2ccccc2)[C@H](OC(=O)c2ccccc2)[C@H]1OC(=O)c1ccccc1. The predicted molar refractivity (Wildman–Crippen MR) is 209 cm³/mol. The van der Waals surface area contributed by atoms with Gasteiger partial charge >= 0.3 is 29.8 Å². The van der Waals surface area contributed by atoms with Crippen LogP contribution in [0.25, 0.3) is 0 Å². The van der Waals surface area contributed by atoms with Gasteiger partial charge in [-0.2, -0.15) is 0 Å². The van der Waals surface area contributed by atoms with Crippen LogP contribution in [0.1, 0.15) is 58.7 Å². The predicted octanol–water partition coefficient (Wildman–Crippen LogP) is 5.59. The van der Waals surface area contributed by atoms with Crippen LogP contribution in [-0.4, -0.2) is 96.9 Å². The second kappa shape index (κ2) is 19.4. The molecule has 0 amide bonds. The average molecular weight is 817 g/mol. The molecule has 9 atom stereocenters. The highest BCUT2D eigenvalue weighted by Crippen LogP contribution is 2.34. The number of hydrogen-bond donors (Lipinski definition) is 1. The molecule has 0 saturated carbocycles. The molecule has 0 aliphatic carbocycles. The normalized spacial score (nSPS) is 24.9. The zero-order chi connectivity index (χ0) is 42.0. The summed E-state index contributed by atoms with van der Waals surface area (Å²) in [7, 11) is 0. The van der Waals surface area contributed by atoms with Crippen LogP contribution in [0, 0.1) is 0 Å². The first-order valence-electron chi connectivity index (χ1n) is 19.1. The smallest absolute Gasteiger partial charge is 0.338 e. The molecule has 0 bridgehead atoms. The van der Waals surface area contributed by atoms with Crippen molar-refractivity contribution in [3.05, 3.63) is 179 Å². The summed E-state index contributed by atoms with van der Waals surface area (Å²) in [6.45, 7) is 1.08. The molecule has 2 heterocycles. The molecule has 1 N–H and O–H groups in total. The Morgan fingerprint density at radius 2 is 0.767 bits per heavy atom. The van der Waals surface area contributed by atoms with Crippen LogP contribution in [0.4, 0.5) is 0 Å². The molecule has 0 aromatic heterocycles. The van der Waals surface area contributed by atoms with Crippen LogP contribution < -0.4 is 0 Å². The zero-order valence-corrected chi connectivity index (χ0v) is 32.1. The van der Waals surface area contributed by atoms with Gasteiger partial charge in [-0.25, -0.2) is 24.0 Å². The van der Waals surface area contributed by atoms with Gasteiger partial charge in [0.1, 0.15) is 6.10 Å². The summed E-state index contributed by atoms with van der Waals surface area (Å²) in [5.41, 5.74) is 0.718. The van der Waals surface area contributed by atoms with Crippen molar-refractivity contribution < 1.29 is 67.0 Å². The van der Waals surface area contributed by atoms with Gasteiger partial charge in [0.15, 0.2) is 43.1 Å². The Morgan fingerprint density at radius 3 is 1.15 bits per heavy atom. The largest absolute Gasteiger partial charge is 0.452 e. The van der Waals surface area contributed by atoms with Gasteiger partial charge in [0, 0.05) is 0 Å². The van der Waals surface area contributed by atoms with E-state index in [1.807, 2.05) is 0 Å². The molecule has 14 nitrogen and oxygen atoms in total. The Balaban J connectivity index is 1.26. The fourth-order valence-corrected chi connectivity index (χ4v) is 6.65. The maximum Gasteiger partial charge on any atom is 0.338 e. The Kier molecular flexibility index (Phi) is 13.4. The van der Waals surface area contributed by atoms with Crippen molar-refractivity contribution in [2.24, 2.45) is 0 Å². The van der Waals surface area contributed by atoms with Gasteiger partial charge in [-0.3, -0.25) is 0 Å². The highest BCUT2D eigenvalue weighted by molar-refractivity contribution is 5.92. The van der Waals surface area contributed by atoms with Gasteiger partial charge in [0.05, 0.1) is 40.5 Å². The molecule has 60 heavy (non-hydrogen) atoms. The molecule has 5 aromatic carbocycles. The minimum Gasteiger partial charge on any atom is -0.452 e. The van der Waals surface area contributed by atoms with Crippen molar-refractivity contribution in [3.63, 3.8) is 0 Å². The number of rotatable bonds is 12. The molecular formula is C46H40O14. The Hall–Kier alpha value is -6.71. The number of hydrogen-bond acceptors (Lipinski definition) is 14. The molecular weight excluding hydrogens is 776 g/mol. The molecule has 14 heteroatoms. The number of esters is 5. The molecule has 5 aromatic rings. The molecule has 7 rings (SSSR count). The topological polar surface area (TPSA) is 179 Å². The van der Waals surface area contributed by atoms with Gasteiger partial charge in [0.2, 0.25) is 0 Å². The summed E-state index contributed by atoms with van der Waals surface area (Å²) in [5.74, 6) is -4.22. The number of aliphatic hydroxyl groups is 1. The molecule has 2 aliphatic rings. The van der Waals surface area contributed by atoms with E-state index < -0.39 is 91.8 Å². The van der Waals surface area contributed by atoms with Crippen molar-refractivity contribution in [2.45, 2.75) is 62.2 Å². The fourth-order valence-electron chi connectivity index (χ4n) is 6.65. The Morgan fingerprint density at radius 1 is 0.450 bits per heavy atom. The first-order chi connectivity index (χ1) is 29.2. The molecule has 0 unspecified atom stereocenters. The minimum atomic E-state index is -1.79. The summed E-state index contributed by atoms with van der Waals surface area (Å²) < 4.78 is 48.2. The van der Waals surface area contributed by atoms with Crippen LogP contribution in [-0.2, 0) is 37.9 Å². The van der Waals surface area contributed by atoms with E-state index in [2.05, 4.69) is 0 Å². The molecule has 0 radical (unpaired) electrons. The van der Waals surface area contributed by atoms with Gasteiger partial charge in [-0.1, -0.05) is 91.0 Å². The van der Waals surface area contributed by atoms with Crippen molar-refractivity contribution in [3.8, 4) is 0 Å². The third-order valence-electron chi connectivity index (χ3n) is 9.70. The molecule has 308 valence electrons. The van der Waals surface area contributed by atoms with Crippen LogP contribution >= 0.6 is 0 Å². The van der Waals surface area contributed by atoms with E-state index >= 15 is 0 Å². The molecule has 0 spiro atoms. The number of carbonyl (C=O) groups excluding carboxylic acids is 5. The van der Waals surface area contributed by atoms with Crippen molar-refractivity contribution in [1.29, 1.82) is 0 Å². The number of benzene rings is 5. The van der Waals surface area contributed by atoms with E-state index in [1.54, 1.807) is 91.0 Å². The fraction of sp³-hybridized carbons (Fsp3) is 0.239. The summed E-state index contributed by atoms with van der Waals surface area (Å²) in [4.78, 5) is 68.1. The lowest BCUT2D eigenvalue weighted by molar-refractivity contribution is -0.333. The Labute approximate surface area is 344 Å². The van der Waals surface area contributed by atoms with Crippen LogP contribution in [0.3, 0.4) is 0 Å². The van der Waals surface area contributed by atoms with E-state index in [0.29, 0.717) is 0 Å². The monoisotopic (exact) mass is 816 g/mol. The number of ether oxygens (including phenoxy) is 8. The quantitative estimate of drug-likeness (QED) is 0.122. The van der Waals surface area contributed by atoms with Crippen LogP contribution in [0.15, 0.2) is 152 Å². The van der Waals surface area contributed by atoms with Crippen molar-refractivity contribution in [2.75, 3.05) is 6.61 Å². The van der Waals surface area contributed by atoms with Gasteiger partial charge in [0.25, 0.3) is 0 Å². The average Bonchev–Trinajstić information content (AvgIpc) is 3.29. The van der Waals surface area contributed by atoms with Crippen LogP contribution in [0.5, 0.6) is 0 Å². The second-order valence-electron chi connectivity index (χ2n) is 13.8. The van der Waals surface area contributed by atoms with Gasteiger partial charge in [-0.15, -0.1) is 0 Å². The molecule has 2 fully saturated rings. The standard InChI is InChI=1S/C46H40O14/c1-28-35(56-40(47)29-17-7-2-8-18-29)37(58-42(49)31-21-11-4-12-22-31)39(60-44(51)33-25-15-6-16-26-33)46(54-28)55-34-27-53-45(52)38(59-43(50)32-23-13-5-14-24-32)36(34)57-41(48)30-19-9-3-10-20-30/h2-26,28,34-39,45-46,52H,27H2,1H3/t28-,34-,35-,36-,37+,38+,39+,45-,46-/m0/s1. The maximum atomic E-state index is 13.8. The molecule has 2 saturated heterocycles. The number of aliphatic hydroxyl groups excluding tert-OH is 1. The summed E-state index contributed by atoms with van der Waals surface area (Å²) in [6.07, 6.45) is -13.8. The second-order valence-corrected chi connectivity index (χ2v) is 13.8. The highest BCUT2D eigenvalue weighted by Gasteiger charge is 2.55. The van der Waals surface area contributed by atoms with E-state index in [1.165, 1.54) is 67.6 Å². The van der Waals surface area contributed by atoms with Crippen molar-refractivity contribution in [1.82, 2.24) is 0 Å². The molecule has 2 aliphatic heterocycles. The lowest BCUT2D eigenvalue weighted by Crippen LogP contribution is -2.64. The third kappa shape index (κ3) is 9.93. The summed E-state index contributed by atoms with van der Waals surface area (Å²) in [5, 5.41) is 11.1. The first kappa shape index (κ1) is 41.4. The Bertz CT molecular complexity index is 2220. The maximum absolute atomic E-state index is 13.8. The number of carbonyl (C=O) groups is 5. The van der Waals surface area contributed by atoms with E-state index in [-0.39, 0.29) is 27.8 Å². The summed E-state index contributed by atoms with van der Waals surface area (Å²) >= 11 is 0. The third-order valence-corrected chi connectivity index (χ3v) is 9.70. The van der Waals surface area contributed by atoms with Gasteiger partial charge < -0.3 is 43.0 Å². The van der Waals surface area contributed by atoms with Crippen LogP contribution in [0.2, 0.25) is 0 Å².